The molecule has 0 aliphatic carbocycles. The van der Waals surface area contributed by atoms with Crippen molar-refractivity contribution in [2.24, 2.45) is 0 Å². The first-order valence-corrected chi connectivity index (χ1v) is 7.56. The molecule has 3 nitrogen and oxygen atoms in total. The molecule has 0 spiro atoms. The van der Waals surface area contributed by atoms with Crippen molar-refractivity contribution >= 4 is 17.5 Å². The van der Waals surface area contributed by atoms with E-state index >= 15 is 0 Å². The minimum absolute atomic E-state index is 0.158. The Hall–Kier alpha value is -1.06. The van der Waals surface area contributed by atoms with Crippen LogP contribution < -0.4 is 5.32 Å². The zero-order valence-corrected chi connectivity index (χ0v) is 13.2. The quantitative estimate of drug-likeness (QED) is 0.930. The summed E-state index contributed by atoms with van der Waals surface area (Å²) < 4.78 is 0. The third-order valence-electron chi connectivity index (χ3n) is 4.20. The largest absolute Gasteiger partial charge is 0.340 e. The van der Waals surface area contributed by atoms with Gasteiger partial charge in [0.25, 0.3) is 0 Å². The summed E-state index contributed by atoms with van der Waals surface area (Å²) >= 11 is 6.26. The molecule has 110 valence electrons. The summed E-state index contributed by atoms with van der Waals surface area (Å²) in [6.45, 7) is 5.53. The van der Waals surface area contributed by atoms with Crippen LogP contribution in [-0.4, -0.2) is 37.0 Å². The summed E-state index contributed by atoms with van der Waals surface area (Å²) in [5.74, 6) is 0.158. The Morgan fingerprint density at radius 1 is 1.40 bits per heavy atom. The average molecular weight is 295 g/mol. The highest BCUT2D eigenvalue weighted by atomic mass is 35.5. The van der Waals surface area contributed by atoms with Crippen molar-refractivity contribution < 1.29 is 4.79 Å². The van der Waals surface area contributed by atoms with E-state index < -0.39 is 5.41 Å². The molecule has 0 aromatic heterocycles. The third-order valence-corrected chi connectivity index (χ3v) is 4.53. The van der Waals surface area contributed by atoms with Crippen LogP contribution in [0.15, 0.2) is 24.3 Å². The second-order valence-electron chi connectivity index (χ2n) is 5.98. The summed E-state index contributed by atoms with van der Waals surface area (Å²) in [5, 5.41) is 3.93. The number of benzene rings is 1. The monoisotopic (exact) mass is 294 g/mol. The van der Waals surface area contributed by atoms with Crippen molar-refractivity contribution in [1.29, 1.82) is 0 Å². The SMILES string of the molecule is CNC1CCCN(C(=O)C(C)(C)c2ccccc2Cl)C1. The molecule has 1 heterocycles. The molecular formula is C16H23ClN2O. The van der Waals surface area contributed by atoms with E-state index in [9.17, 15) is 4.79 Å². The van der Waals surface area contributed by atoms with Gasteiger partial charge in [0.1, 0.15) is 0 Å². The van der Waals surface area contributed by atoms with Crippen LogP contribution >= 0.6 is 11.6 Å². The molecule has 1 atom stereocenters. The van der Waals surface area contributed by atoms with Crippen molar-refractivity contribution in [2.75, 3.05) is 20.1 Å². The first-order chi connectivity index (χ1) is 9.46. The van der Waals surface area contributed by atoms with Gasteiger partial charge in [-0.25, -0.2) is 0 Å². The molecular weight excluding hydrogens is 272 g/mol. The Morgan fingerprint density at radius 2 is 2.10 bits per heavy atom. The van der Waals surface area contributed by atoms with E-state index in [1.165, 1.54) is 0 Å². The van der Waals surface area contributed by atoms with Crippen LogP contribution in [0, 0.1) is 0 Å². The maximum absolute atomic E-state index is 12.9. The number of halogens is 1. The molecule has 1 aromatic rings. The fraction of sp³-hybridized carbons (Fsp3) is 0.562. The maximum Gasteiger partial charge on any atom is 0.232 e. The molecule has 2 rings (SSSR count). The van der Waals surface area contributed by atoms with Crippen molar-refractivity contribution in [3.05, 3.63) is 34.9 Å². The van der Waals surface area contributed by atoms with Crippen LogP contribution in [0.3, 0.4) is 0 Å². The Labute approximate surface area is 126 Å². The number of piperidine rings is 1. The number of hydrogen-bond acceptors (Lipinski definition) is 2. The maximum atomic E-state index is 12.9. The van der Waals surface area contributed by atoms with E-state index in [2.05, 4.69) is 5.32 Å². The van der Waals surface area contributed by atoms with Crippen molar-refractivity contribution in [2.45, 2.75) is 38.1 Å². The molecule has 1 aliphatic rings. The number of hydrogen-bond donors (Lipinski definition) is 1. The van der Waals surface area contributed by atoms with E-state index in [1.54, 1.807) is 0 Å². The lowest BCUT2D eigenvalue weighted by atomic mass is 9.82. The topological polar surface area (TPSA) is 32.3 Å². The van der Waals surface area contributed by atoms with Gasteiger partial charge in [-0.05, 0) is 45.4 Å². The van der Waals surface area contributed by atoms with Gasteiger partial charge in [0, 0.05) is 24.2 Å². The second-order valence-corrected chi connectivity index (χ2v) is 6.39. The predicted molar refractivity (Wildman–Crippen MR) is 83.1 cm³/mol. The fourth-order valence-electron chi connectivity index (χ4n) is 2.88. The molecule has 20 heavy (non-hydrogen) atoms. The summed E-state index contributed by atoms with van der Waals surface area (Å²) in [7, 11) is 1.96. The molecule has 0 radical (unpaired) electrons. The Morgan fingerprint density at radius 3 is 2.75 bits per heavy atom. The summed E-state index contributed by atoms with van der Waals surface area (Å²) in [4.78, 5) is 14.8. The smallest absolute Gasteiger partial charge is 0.232 e. The van der Waals surface area contributed by atoms with E-state index in [0.717, 1.165) is 31.5 Å². The molecule has 1 aliphatic heterocycles. The minimum Gasteiger partial charge on any atom is -0.340 e. The first-order valence-electron chi connectivity index (χ1n) is 7.18. The van der Waals surface area contributed by atoms with Gasteiger partial charge in [0.2, 0.25) is 5.91 Å². The molecule has 1 amide bonds. The first kappa shape index (κ1) is 15.3. The van der Waals surface area contributed by atoms with Crippen LogP contribution in [0.25, 0.3) is 0 Å². The zero-order valence-electron chi connectivity index (χ0n) is 12.4. The number of nitrogens with one attached hydrogen (secondary N) is 1. The van der Waals surface area contributed by atoms with Gasteiger partial charge in [0.15, 0.2) is 0 Å². The lowest BCUT2D eigenvalue weighted by molar-refractivity contribution is -0.137. The standard InChI is InChI=1S/C16H23ClN2O/c1-16(2,13-8-4-5-9-14(13)17)15(20)19-10-6-7-12(11-19)18-3/h4-5,8-9,12,18H,6-7,10-11H2,1-3H3. The summed E-state index contributed by atoms with van der Waals surface area (Å²) in [6.07, 6.45) is 2.18. The molecule has 1 unspecified atom stereocenters. The van der Waals surface area contributed by atoms with E-state index in [1.807, 2.05) is 50.1 Å². The Bertz CT molecular complexity index is 487. The number of carbonyl (C=O) groups is 1. The Balaban J connectivity index is 2.21. The van der Waals surface area contributed by atoms with Crippen LogP contribution in [0.1, 0.15) is 32.3 Å². The normalized spacial score (nSPS) is 20.0. The van der Waals surface area contributed by atoms with Gasteiger partial charge < -0.3 is 10.2 Å². The van der Waals surface area contributed by atoms with Crippen LogP contribution in [0.4, 0.5) is 0 Å². The zero-order chi connectivity index (χ0) is 14.8. The molecule has 1 saturated heterocycles. The van der Waals surface area contributed by atoms with Gasteiger partial charge in [-0.3, -0.25) is 4.79 Å². The molecule has 4 heteroatoms. The van der Waals surface area contributed by atoms with Crippen LogP contribution in [0.2, 0.25) is 5.02 Å². The highest BCUT2D eigenvalue weighted by Crippen LogP contribution is 2.32. The van der Waals surface area contributed by atoms with Gasteiger partial charge >= 0.3 is 0 Å². The van der Waals surface area contributed by atoms with Crippen molar-refractivity contribution in [3.63, 3.8) is 0 Å². The van der Waals surface area contributed by atoms with Gasteiger partial charge in [-0.2, -0.15) is 0 Å². The lowest BCUT2D eigenvalue weighted by Crippen LogP contribution is -2.52. The highest BCUT2D eigenvalue weighted by molar-refractivity contribution is 6.31. The minimum atomic E-state index is -0.589. The third kappa shape index (κ3) is 2.99. The number of carbonyl (C=O) groups excluding carboxylic acids is 1. The lowest BCUT2D eigenvalue weighted by Gasteiger charge is -2.38. The summed E-state index contributed by atoms with van der Waals surface area (Å²) in [5.41, 5.74) is 0.312. The van der Waals surface area contributed by atoms with E-state index in [0.29, 0.717) is 11.1 Å². The molecule has 1 aromatic carbocycles. The van der Waals surface area contributed by atoms with Crippen LogP contribution in [0.5, 0.6) is 0 Å². The number of rotatable bonds is 3. The second kappa shape index (κ2) is 6.15. The molecule has 1 N–H and O–H groups in total. The van der Waals surface area contributed by atoms with E-state index in [4.69, 9.17) is 11.6 Å². The van der Waals surface area contributed by atoms with Crippen molar-refractivity contribution in [3.8, 4) is 0 Å². The number of likely N-dealkylation sites (N-methyl/N-ethyl adjacent to an activating group) is 1. The predicted octanol–water partition coefficient (Wildman–Crippen LogP) is 2.83. The molecule has 0 saturated carbocycles. The number of amides is 1. The number of nitrogens with zero attached hydrogens (tertiary/aromatic N) is 1. The molecule has 1 fully saturated rings. The highest BCUT2D eigenvalue weighted by Gasteiger charge is 2.36. The average Bonchev–Trinajstić information content (AvgIpc) is 2.46. The van der Waals surface area contributed by atoms with Gasteiger partial charge in [0.05, 0.1) is 5.41 Å². The summed E-state index contributed by atoms with van der Waals surface area (Å²) in [6, 6.07) is 8.01. The molecule has 0 bridgehead atoms. The van der Waals surface area contributed by atoms with Crippen LogP contribution in [-0.2, 0) is 10.2 Å². The van der Waals surface area contributed by atoms with Crippen molar-refractivity contribution in [1.82, 2.24) is 10.2 Å². The van der Waals surface area contributed by atoms with Gasteiger partial charge in [-0.1, -0.05) is 29.8 Å². The van der Waals surface area contributed by atoms with Gasteiger partial charge in [-0.15, -0.1) is 0 Å². The van der Waals surface area contributed by atoms with E-state index in [-0.39, 0.29) is 5.91 Å². The fourth-order valence-corrected chi connectivity index (χ4v) is 3.25. The number of likely N-dealkylation sites (tertiary alicyclic amines) is 1. The Kier molecular flexibility index (Phi) is 4.71.